The van der Waals surface area contributed by atoms with Crippen molar-refractivity contribution in [3.63, 3.8) is 0 Å². The maximum Gasteiger partial charge on any atom is 0.224 e. The summed E-state index contributed by atoms with van der Waals surface area (Å²) in [4.78, 5) is 14.2. The van der Waals surface area contributed by atoms with Crippen LogP contribution in [0.15, 0.2) is 24.3 Å². The minimum atomic E-state index is -3.35. The second-order valence-corrected chi connectivity index (χ2v) is 8.32. The maximum atomic E-state index is 12.4. The van der Waals surface area contributed by atoms with E-state index in [1.807, 2.05) is 24.3 Å². The Kier molecular flexibility index (Phi) is 5.47. The number of hydrogen-bond acceptors (Lipinski definition) is 3. The van der Waals surface area contributed by atoms with Gasteiger partial charge in [0.2, 0.25) is 15.9 Å². The molecule has 0 unspecified atom stereocenters. The van der Waals surface area contributed by atoms with E-state index >= 15 is 0 Å². The largest absolute Gasteiger partial charge is 0.336 e. The van der Waals surface area contributed by atoms with E-state index in [1.165, 1.54) is 14.1 Å². The standard InChI is InChI=1S/C15H21ClN2O3S/c1-17(2)22(20,21)11-9-15(19)18-10-5-8-14(18)12-6-3-4-7-13(12)16/h3-4,6-7,14H,5,8-11H2,1-2H3/t14-/m0/s1. The van der Waals surface area contributed by atoms with Gasteiger partial charge in [-0.1, -0.05) is 29.8 Å². The molecule has 1 amide bonds. The van der Waals surface area contributed by atoms with Crippen LogP contribution in [0.1, 0.15) is 30.9 Å². The van der Waals surface area contributed by atoms with E-state index in [2.05, 4.69) is 0 Å². The second kappa shape index (κ2) is 6.98. The first kappa shape index (κ1) is 17.2. The van der Waals surface area contributed by atoms with Crippen molar-refractivity contribution in [2.45, 2.75) is 25.3 Å². The summed E-state index contributed by atoms with van der Waals surface area (Å²) in [7, 11) is -0.404. The lowest BCUT2D eigenvalue weighted by Crippen LogP contribution is -2.34. The van der Waals surface area contributed by atoms with Crippen molar-refractivity contribution < 1.29 is 13.2 Å². The van der Waals surface area contributed by atoms with Crippen LogP contribution in [0.25, 0.3) is 0 Å². The Labute approximate surface area is 136 Å². The Morgan fingerprint density at radius 2 is 2.05 bits per heavy atom. The zero-order valence-electron chi connectivity index (χ0n) is 12.8. The van der Waals surface area contributed by atoms with Crippen LogP contribution in [0.3, 0.4) is 0 Å². The molecule has 5 nitrogen and oxygen atoms in total. The number of benzene rings is 1. The van der Waals surface area contributed by atoms with Crippen LogP contribution in [-0.2, 0) is 14.8 Å². The summed E-state index contributed by atoms with van der Waals surface area (Å²) in [6.07, 6.45) is 1.76. The van der Waals surface area contributed by atoms with Crippen LogP contribution in [0.5, 0.6) is 0 Å². The molecule has 7 heteroatoms. The summed E-state index contributed by atoms with van der Waals surface area (Å²) in [6, 6.07) is 7.45. The van der Waals surface area contributed by atoms with E-state index in [0.717, 1.165) is 22.7 Å². The van der Waals surface area contributed by atoms with E-state index in [1.54, 1.807) is 4.90 Å². The van der Waals surface area contributed by atoms with Crippen molar-refractivity contribution in [3.05, 3.63) is 34.9 Å². The fourth-order valence-electron chi connectivity index (χ4n) is 2.68. The molecule has 0 radical (unpaired) electrons. The molecule has 22 heavy (non-hydrogen) atoms. The number of carbonyl (C=O) groups is 1. The van der Waals surface area contributed by atoms with Gasteiger partial charge in [0.15, 0.2) is 0 Å². The van der Waals surface area contributed by atoms with Crippen molar-refractivity contribution >= 4 is 27.5 Å². The quantitative estimate of drug-likeness (QED) is 0.823. The Balaban J connectivity index is 2.08. The van der Waals surface area contributed by atoms with E-state index in [9.17, 15) is 13.2 Å². The third-order valence-corrected chi connectivity index (χ3v) is 6.14. The first-order valence-corrected chi connectivity index (χ1v) is 9.26. The zero-order valence-corrected chi connectivity index (χ0v) is 14.4. The van der Waals surface area contributed by atoms with Crippen LogP contribution in [-0.4, -0.2) is 49.9 Å². The highest BCUT2D eigenvalue weighted by Crippen LogP contribution is 2.35. The molecule has 2 rings (SSSR count). The predicted octanol–water partition coefficient (Wildman–Crippen LogP) is 2.29. The van der Waals surface area contributed by atoms with E-state index in [4.69, 9.17) is 11.6 Å². The van der Waals surface area contributed by atoms with E-state index < -0.39 is 10.0 Å². The molecule has 1 aliphatic heterocycles. The van der Waals surface area contributed by atoms with Gasteiger partial charge in [-0.25, -0.2) is 12.7 Å². The molecule has 122 valence electrons. The number of nitrogens with zero attached hydrogens (tertiary/aromatic N) is 2. The van der Waals surface area contributed by atoms with Crippen LogP contribution >= 0.6 is 11.6 Å². The number of carbonyl (C=O) groups excluding carboxylic acids is 1. The molecule has 1 saturated heterocycles. The van der Waals surface area contributed by atoms with Gasteiger partial charge in [0.05, 0.1) is 11.8 Å². The molecule has 1 aliphatic rings. The number of hydrogen-bond donors (Lipinski definition) is 0. The fraction of sp³-hybridized carbons (Fsp3) is 0.533. The third-order valence-electron chi connectivity index (χ3n) is 3.97. The minimum absolute atomic E-state index is 0.00145. The lowest BCUT2D eigenvalue weighted by atomic mass is 10.0. The van der Waals surface area contributed by atoms with Crippen LogP contribution < -0.4 is 0 Å². The molecule has 0 bridgehead atoms. The molecule has 0 N–H and O–H groups in total. The van der Waals surface area contributed by atoms with Gasteiger partial charge in [0.25, 0.3) is 0 Å². The summed E-state index contributed by atoms with van der Waals surface area (Å²) in [5.74, 6) is -0.294. The molecule has 0 aliphatic carbocycles. The highest BCUT2D eigenvalue weighted by Gasteiger charge is 2.31. The molecular weight excluding hydrogens is 324 g/mol. The molecule has 1 heterocycles. The Hall–Kier alpha value is -1.11. The van der Waals surface area contributed by atoms with Crippen LogP contribution in [0.4, 0.5) is 0 Å². The van der Waals surface area contributed by atoms with E-state index in [-0.39, 0.29) is 24.1 Å². The van der Waals surface area contributed by atoms with Gasteiger partial charge in [-0.15, -0.1) is 0 Å². The van der Waals surface area contributed by atoms with Gasteiger partial charge in [0, 0.05) is 32.1 Å². The number of likely N-dealkylation sites (tertiary alicyclic amines) is 1. The van der Waals surface area contributed by atoms with Gasteiger partial charge in [0.1, 0.15) is 0 Å². The lowest BCUT2D eigenvalue weighted by Gasteiger charge is -2.26. The van der Waals surface area contributed by atoms with Gasteiger partial charge in [-0.3, -0.25) is 4.79 Å². The van der Waals surface area contributed by atoms with Crippen molar-refractivity contribution in [2.24, 2.45) is 0 Å². The summed E-state index contributed by atoms with van der Waals surface area (Å²) < 4.78 is 24.7. The van der Waals surface area contributed by atoms with Gasteiger partial charge < -0.3 is 4.90 Å². The SMILES string of the molecule is CN(C)S(=O)(=O)CCC(=O)N1CCC[C@H]1c1ccccc1Cl. The molecular formula is C15H21ClN2O3S. The first-order chi connectivity index (χ1) is 10.3. The topological polar surface area (TPSA) is 57.7 Å². The minimum Gasteiger partial charge on any atom is -0.336 e. The molecule has 0 saturated carbocycles. The second-order valence-electron chi connectivity index (χ2n) is 5.62. The smallest absolute Gasteiger partial charge is 0.224 e. The molecule has 0 aromatic heterocycles. The molecule has 1 atom stereocenters. The average Bonchev–Trinajstić information content (AvgIpc) is 2.94. The average molecular weight is 345 g/mol. The molecule has 1 aromatic rings. The Bertz CT molecular complexity index is 646. The maximum absolute atomic E-state index is 12.4. The van der Waals surface area contributed by atoms with Crippen molar-refractivity contribution in [2.75, 3.05) is 26.4 Å². The molecule has 0 spiro atoms. The van der Waals surface area contributed by atoms with Crippen LogP contribution in [0.2, 0.25) is 5.02 Å². The van der Waals surface area contributed by atoms with E-state index in [0.29, 0.717) is 11.6 Å². The zero-order chi connectivity index (χ0) is 16.3. The third kappa shape index (κ3) is 3.80. The number of halogens is 1. The van der Waals surface area contributed by atoms with Crippen LogP contribution in [0, 0.1) is 0 Å². The summed E-state index contributed by atoms with van der Waals surface area (Å²) >= 11 is 6.22. The van der Waals surface area contributed by atoms with Gasteiger partial charge in [-0.05, 0) is 24.5 Å². The monoisotopic (exact) mass is 344 g/mol. The number of amides is 1. The number of sulfonamides is 1. The highest BCUT2D eigenvalue weighted by molar-refractivity contribution is 7.89. The number of rotatable bonds is 5. The Morgan fingerprint density at radius 1 is 1.36 bits per heavy atom. The molecule has 1 aromatic carbocycles. The summed E-state index contributed by atoms with van der Waals surface area (Å²) in [5.41, 5.74) is 0.936. The normalized spacial score (nSPS) is 18.9. The van der Waals surface area contributed by atoms with Crippen molar-refractivity contribution in [1.29, 1.82) is 0 Å². The highest BCUT2D eigenvalue weighted by atomic mass is 35.5. The fourth-order valence-corrected chi connectivity index (χ4v) is 3.74. The van der Waals surface area contributed by atoms with Gasteiger partial charge >= 0.3 is 0 Å². The Morgan fingerprint density at radius 3 is 2.68 bits per heavy atom. The molecule has 1 fully saturated rings. The van der Waals surface area contributed by atoms with Gasteiger partial charge in [-0.2, -0.15) is 0 Å². The van der Waals surface area contributed by atoms with Crippen molar-refractivity contribution in [3.8, 4) is 0 Å². The summed E-state index contributed by atoms with van der Waals surface area (Å²) in [5, 5.41) is 0.646. The predicted molar refractivity (Wildman–Crippen MR) is 87.2 cm³/mol. The lowest BCUT2D eigenvalue weighted by molar-refractivity contribution is -0.131. The first-order valence-electron chi connectivity index (χ1n) is 7.27. The summed E-state index contributed by atoms with van der Waals surface area (Å²) in [6.45, 7) is 0.650. The van der Waals surface area contributed by atoms with Crippen molar-refractivity contribution in [1.82, 2.24) is 9.21 Å².